The molecule has 0 spiro atoms. The number of halogens is 4. The van der Waals surface area contributed by atoms with Gasteiger partial charge in [-0.15, -0.1) is 0 Å². The quantitative estimate of drug-likeness (QED) is 0.390. The molecule has 0 unspecified atom stereocenters. The summed E-state index contributed by atoms with van der Waals surface area (Å²) in [6, 6.07) is 1.37. The lowest BCUT2D eigenvalue weighted by Crippen LogP contribution is -2.51. The Morgan fingerprint density at radius 2 is 1.10 bits per heavy atom. The van der Waals surface area contributed by atoms with Crippen LogP contribution in [0.1, 0.15) is 41.5 Å². The van der Waals surface area contributed by atoms with Crippen molar-refractivity contribution in [3.05, 3.63) is 29.3 Å². The summed E-state index contributed by atoms with van der Waals surface area (Å²) in [5.74, 6) is -7.13. The zero-order chi connectivity index (χ0) is 16.5. The second-order valence-electron chi connectivity index (χ2n) is 6.13. The second-order valence-corrected chi connectivity index (χ2v) is 11.5. The minimum absolute atomic E-state index is 0.0200. The van der Waals surface area contributed by atoms with Crippen LogP contribution in [-0.4, -0.2) is 8.32 Å². The lowest BCUT2D eigenvalue weighted by Gasteiger charge is -2.42. The van der Waals surface area contributed by atoms with E-state index in [1.54, 1.807) is 0 Å². The largest absolute Gasteiger partial charge is 0.539 e. The molecular formula is C15H21F4OSi. The summed E-state index contributed by atoms with van der Waals surface area (Å²) in [6.07, 6.45) is 0. The van der Waals surface area contributed by atoms with Gasteiger partial charge in [0, 0.05) is 0 Å². The van der Waals surface area contributed by atoms with Gasteiger partial charge in [-0.25, -0.2) is 8.78 Å². The van der Waals surface area contributed by atoms with Crippen molar-refractivity contribution in [2.24, 2.45) is 0 Å². The topological polar surface area (TPSA) is 9.23 Å². The molecule has 0 fully saturated rings. The van der Waals surface area contributed by atoms with Crippen molar-refractivity contribution < 1.29 is 22.0 Å². The summed E-state index contributed by atoms with van der Waals surface area (Å²) in [7, 11) is -2.70. The van der Waals surface area contributed by atoms with E-state index in [4.69, 9.17) is 4.43 Å². The van der Waals surface area contributed by atoms with Gasteiger partial charge < -0.3 is 4.43 Å². The Bertz CT molecular complexity index is 467. The summed E-state index contributed by atoms with van der Waals surface area (Å²) in [6.45, 7) is 11.4. The van der Waals surface area contributed by atoms with Gasteiger partial charge in [-0.2, -0.15) is 8.78 Å². The van der Waals surface area contributed by atoms with Gasteiger partial charge in [-0.3, -0.25) is 0 Å². The van der Waals surface area contributed by atoms with Crippen molar-refractivity contribution in [2.75, 3.05) is 0 Å². The fraction of sp³-hybridized carbons (Fsp3) is 0.600. The van der Waals surface area contributed by atoms with E-state index in [-0.39, 0.29) is 16.6 Å². The molecule has 1 aromatic carbocycles. The highest BCUT2D eigenvalue weighted by Gasteiger charge is 2.48. The van der Waals surface area contributed by atoms with Gasteiger partial charge in [-0.1, -0.05) is 41.5 Å². The maximum atomic E-state index is 13.8. The maximum absolute atomic E-state index is 13.8. The molecule has 21 heavy (non-hydrogen) atoms. The van der Waals surface area contributed by atoms with Crippen LogP contribution in [0.15, 0.2) is 0 Å². The molecule has 1 aromatic rings. The molecule has 6 heteroatoms. The van der Waals surface area contributed by atoms with E-state index in [9.17, 15) is 17.6 Å². The molecule has 0 amide bonds. The molecule has 1 nitrogen and oxygen atoms in total. The Morgan fingerprint density at radius 3 is 1.38 bits per heavy atom. The molecule has 0 saturated carbocycles. The summed E-state index contributed by atoms with van der Waals surface area (Å²) < 4.78 is 60.0. The highest BCUT2D eigenvalue weighted by Crippen LogP contribution is 2.44. The van der Waals surface area contributed by atoms with Gasteiger partial charge >= 0.3 is 0 Å². The van der Waals surface area contributed by atoms with E-state index in [0.717, 1.165) is 0 Å². The van der Waals surface area contributed by atoms with Crippen LogP contribution in [0.2, 0.25) is 16.6 Å². The number of hydrogen-bond acceptors (Lipinski definition) is 1. The molecular weight excluding hydrogens is 300 g/mol. The second kappa shape index (κ2) is 6.38. The Hall–Kier alpha value is -1.04. The molecule has 0 aliphatic rings. The van der Waals surface area contributed by atoms with E-state index in [0.29, 0.717) is 0 Å². The first kappa shape index (κ1) is 18.0. The van der Waals surface area contributed by atoms with Crippen LogP contribution < -0.4 is 4.43 Å². The first-order valence-corrected chi connectivity index (χ1v) is 9.13. The number of hydrogen-bond donors (Lipinski definition) is 0. The highest BCUT2D eigenvalue weighted by molar-refractivity contribution is 6.78. The van der Waals surface area contributed by atoms with Crippen molar-refractivity contribution in [1.29, 1.82) is 0 Å². The van der Waals surface area contributed by atoms with E-state index in [2.05, 4.69) is 0 Å². The molecule has 119 valence electrons. The first-order valence-electron chi connectivity index (χ1n) is 6.99. The van der Waals surface area contributed by atoms with Gasteiger partial charge in [0.15, 0.2) is 17.4 Å². The molecule has 0 heterocycles. The minimum Gasteiger partial charge on any atom is -0.539 e. The van der Waals surface area contributed by atoms with Crippen LogP contribution in [0.5, 0.6) is 5.75 Å². The van der Waals surface area contributed by atoms with E-state index in [1.165, 1.54) is 6.07 Å². The van der Waals surface area contributed by atoms with Crippen LogP contribution >= 0.6 is 0 Å². The normalized spacial score (nSPS) is 12.6. The summed E-state index contributed by atoms with van der Waals surface area (Å²) >= 11 is 0. The molecule has 0 saturated heterocycles. The molecule has 0 N–H and O–H groups in total. The lowest BCUT2D eigenvalue weighted by atomic mass is 10.3. The zero-order valence-corrected chi connectivity index (χ0v) is 14.2. The lowest BCUT2D eigenvalue weighted by molar-refractivity contribution is 0.372. The average Bonchev–Trinajstić information content (AvgIpc) is 2.35. The minimum atomic E-state index is -2.70. The Morgan fingerprint density at radius 1 is 0.762 bits per heavy atom. The van der Waals surface area contributed by atoms with Crippen molar-refractivity contribution in [2.45, 2.75) is 58.2 Å². The van der Waals surface area contributed by atoms with Gasteiger partial charge in [0.2, 0.25) is 11.6 Å². The van der Waals surface area contributed by atoms with E-state index < -0.39 is 37.3 Å². The smallest absolute Gasteiger partial charge is 0.259 e. The maximum Gasteiger partial charge on any atom is 0.259 e. The van der Waals surface area contributed by atoms with Crippen molar-refractivity contribution in [3.8, 4) is 5.75 Å². The molecule has 1 radical (unpaired) electrons. The third kappa shape index (κ3) is 3.10. The fourth-order valence-electron chi connectivity index (χ4n) is 3.12. The van der Waals surface area contributed by atoms with Crippen LogP contribution in [0.4, 0.5) is 17.6 Å². The molecule has 0 aromatic heterocycles. The van der Waals surface area contributed by atoms with Crippen molar-refractivity contribution in [1.82, 2.24) is 0 Å². The van der Waals surface area contributed by atoms with Gasteiger partial charge in [0.1, 0.15) is 0 Å². The molecule has 0 aliphatic heterocycles. The van der Waals surface area contributed by atoms with Crippen LogP contribution in [0.3, 0.4) is 0 Å². The third-order valence-corrected chi connectivity index (χ3v) is 9.96. The highest BCUT2D eigenvalue weighted by atomic mass is 28.4. The standard InChI is InChI=1S/C15H21F4OSi/c1-8(2)21(9(3)4,10(5)6)20-15-13(18)11(16)7-12(17)14(15)19/h8-10H,1-6H3. The Balaban J connectivity index is 3.48. The van der Waals surface area contributed by atoms with Crippen LogP contribution in [0, 0.1) is 29.3 Å². The third-order valence-electron chi connectivity index (χ3n) is 3.99. The van der Waals surface area contributed by atoms with Crippen LogP contribution in [-0.2, 0) is 0 Å². The number of benzene rings is 1. The monoisotopic (exact) mass is 321 g/mol. The predicted octanol–water partition coefficient (Wildman–Crippen LogP) is 5.60. The molecule has 0 atom stereocenters. The van der Waals surface area contributed by atoms with E-state index in [1.807, 2.05) is 41.5 Å². The van der Waals surface area contributed by atoms with Gasteiger partial charge in [0.05, 0.1) is 6.07 Å². The summed E-state index contributed by atoms with van der Waals surface area (Å²) in [4.78, 5) is 0. The van der Waals surface area contributed by atoms with Crippen molar-refractivity contribution in [3.63, 3.8) is 0 Å². The SMILES string of the molecule is CC(C)[Si](Oc1c(F)c(F)[c]c(F)c1F)(C(C)C)C(C)C. The Kier molecular flexibility index (Phi) is 5.47. The summed E-state index contributed by atoms with van der Waals surface area (Å²) in [5, 5.41) is 0. The van der Waals surface area contributed by atoms with Gasteiger partial charge in [0.25, 0.3) is 8.32 Å². The van der Waals surface area contributed by atoms with E-state index >= 15 is 0 Å². The van der Waals surface area contributed by atoms with Crippen LogP contribution in [0.25, 0.3) is 0 Å². The summed E-state index contributed by atoms with van der Waals surface area (Å²) in [5.41, 5.74) is 0.0600. The predicted molar refractivity (Wildman–Crippen MR) is 76.8 cm³/mol. The van der Waals surface area contributed by atoms with Crippen molar-refractivity contribution >= 4 is 8.32 Å². The zero-order valence-electron chi connectivity index (χ0n) is 13.2. The number of rotatable bonds is 5. The molecule has 0 aliphatic carbocycles. The molecule has 0 bridgehead atoms. The fourth-order valence-corrected chi connectivity index (χ4v) is 8.36. The first-order chi connectivity index (χ1) is 9.55. The Labute approximate surface area is 124 Å². The average molecular weight is 321 g/mol. The van der Waals surface area contributed by atoms with Gasteiger partial charge in [-0.05, 0) is 16.6 Å². The molecule has 1 rings (SSSR count).